The van der Waals surface area contributed by atoms with Crippen LogP contribution in [0.3, 0.4) is 0 Å². The SMILES string of the molecule is C=CC(N)OC=O. The van der Waals surface area contributed by atoms with E-state index in [9.17, 15) is 4.79 Å². The van der Waals surface area contributed by atoms with Gasteiger partial charge in [0.15, 0.2) is 6.23 Å². The maximum absolute atomic E-state index is 9.42. The first-order chi connectivity index (χ1) is 3.31. The van der Waals surface area contributed by atoms with Crippen LogP contribution in [-0.2, 0) is 9.53 Å². The van der Waals surface area contributed by atoms with Crippen molar-refractivity contribution in [3.63, 3.8) is 0 Å². The Balaban J connectivity index is 3.15. The first-order valence-electron chi connectivity index (χ1n) is 1.78. The van der Waals surface area contributed by atoms with E-state index in [0.717, 1.165) is 0 Å². The van der Waals surface area contributed by atoms with E-state index < -0.39 is 6.23 Å². The molecule has 1 atom stereocenters. The summed E-state index contributed by atoms with van der Waals surface area (Å²) in [5.74, 6) is 0. The van der Waals surface area contributed by atoms with Gasteiger partial charge in [-0.2, -0.15) is 0 Å². The summed E-state index contributed by atoms with van der Waals surface area (Å²) in [4.78, 5) is 9.42. The summed E-state index contributed by atoms with van der Waals surface area (Å²) in [6, 6.07) is 0. The normalized spacial score (nSPS) is 12.1. The topological polar surface area (TPSA) is 52.3 Å². The van der Waals surface area contributed by atoms with Crippen molar-refractivity contribution >= 4 is 6.47 Å². The average molecular weight is 101 g/mol. The van der Waals surface area contributed by atoms with Crippen LogP contribution in [0.2, 0.25) is 0 Å². The zero-order valence-electron chi connectivity index (χ0n) is 3.83. The molecule has 0 amide bonds. The predicted octanol–water partition coefficient (Wildman–Crippen LogP) is -0.370. The van der Waals surface area contributed by atoms with Crippen LogP contribution in [0.4, 0.5) is 0 Å². The molecule has 0 aromatic carbocycles. The fraction of sp³-hybridized carbons (Fsp3) is 0.250. The molecule has 2 N–H and O–H groups in total. The summed E-state index contributed by atoms with van der Waals surface area (Å²) in [6.07, 6.45) is 0.673. The second kappa shape index (κ2) is 3.36. The molecule has 3 heteroatoms. The van der Waals surface area contributed by atoms with E-state index >= 15 is 0 Å². The van der Waals surface area contributed by atoms with Crippen LogP contribution >= 0.6 is 0 Å². The highest BCUT2D eigenvalue weighted by Gasteiger charge is 1.87. The Morgan fingerprint density at radius 3 is 2.57 bits per heavy atom. The quantitative estimate of drug-likeness (QED) is 0.300. The Morgan fingerprint density at radius 1 is 1.86 bits per heavy atom. The summed E-state index contributed by atoms with van der Waals surface area (Å²) in [6.45, 7) is 3.55. The van der Waals surface area contributed by atoms with Gasteiger partial charge in [0.05, 0.1) is 0 Å². The van der Waals surface area contributed by atoms with Gasteiger partial charge in [-0.1, -0.05) is 6.58 Å². The first-order valence-corrected chi connectivity index (χ1v) is 1.78. The number of ether oxygens (including phenoxy) is 1. The summed E-state index contributed by atoms with van der Waals surface area (Å²) in [7, 11) is 0. The molecule has 0 saturated carbocycles. The third-order valence-corrected chi connectivity index (χ3v) is 0.445. The van der Waals surface area contributed by atoms with Crippen LogP contribution < -0.4 is 5.73 Å². The van der Waals surface area contributed by atoms with Gasteiger partial charge in [-0.3, -0.25) is 10.5 Å². The molecule has 0 radical (unpaired) electrons. The van der Waals surface area contributed by atoms with Gasteiger partial charge in [0.25, 0.3) is 6.47 Å². The fourth-order valence-electron chi connectivity index (χ4n) is 0.120. The van der Waals surface area contributed by atoms with Crippen molar-refractivity contribution in [1.29, 1.82) is 0 Å². The van der Waals surface area contributed by atoms with Crippen molar-refractivity contribution in [3.8, 4) is 0 Å². The maximum Gasteiger partial charge on any atom is 0.294 e. The Morgan fingerprint density at radius 2 is 2.43 bits per heavy atom. The fourth-order valence-corrected chi connectivity index (χ4v) is 0.120. The Labute approximate surface area is 41.8 Å². The molecule has 0 spiro atoms. The van der Waals surface area contributed by atoms with Crippen LogP contribution in [0.15, 0.2) is 12.7 Å². The van der Waals surface area contributed by atoms with Gasteiger partial charge in [-0.05, 0) is 6.08 Å². The molecular weight excluding hydrogens is 94.0 g/mol. The second-order valence-electron chi connectivity index (χ2n) is 0.933. The third-order valence-electron chi connectivity index (χ3n) is 0.445. The molecule has 0 heterocycles. The van der Waals surface area contributed by atoms with Gasteiger partial charge >= 0.3 is 0 Å². The van der Waals surface area contributed by atoms with Crippen LogP contribution in [0.1, 0.15) is 0 Å². The number of nitrogens with two attached hydrogens (primary N) is 1. The smallest absolute Gasteiger partial charge is 0.294 e. The molecule has 0 fully saturated rings. The largest absolute Gasteiger partial charge is 0.445 e. The Kier molecular flexibility index (Phi) is 2.96. The molecule has 0 rings (SSSR count). The molecular formula is C4H7NO2. The van der Waals surface area contributed by atoms with Crippen LogP contribution in [-0.4, -0.2) is 12.7 Å². The van der Waals surface area contributed by atoms with Gasteiger partial charge in [0.2, 0.25) is 0 Å². The number of hydrogen-bond acceptors (Lipinski definition) is 3. The van der Waals surface area contributed by atoms with Gasteiger partial charge < -0.3 is 4.74 Å². The molecule has 7 heavy (non-hydrogen) atoms. The minimum atomic E-state index is -0.655. The number of rotatable bonds is 3. The van der Waals surface area contributed by atoms with Crippen molar-refractivity contribution in [2.45, 2.75) is 6.23 Å². The minimum absolute atomic E-state index is 0.284. The van der Waals surface area contributed by atoms with Crippen LogP contribution in [0.5, 0.6) is 0 Å². The van der Waals surface area contributed by atoms with Gasteiger partial charge in [0, 0.05) is 0 Å². The van der Waals surface area contributed by atoms with Crippen LogP contribution in [0.25, 0.3) is 0 Å². The summed E-state index contributed by atoms with van der Waals surface area (Å²) < 4.78 is 4.17. The highest BCUT2D eigenvalue weighted by molar-refractivity contribution is 5.37. The molecule has 0 bridgehead atoms. The van der Waals surface area contributed by atoms with E-state index in [4.69, 9.17) is 5.73 Å². The summed E-state index contributed by atoms with van der Waals surface area (Å²) >= 11 is 0. The highest BCUT2D eigenvalue weighted by Crippen LogP contribution is 1.75. The lowest BCUT2D eigenvalue weighted by Crippen LogP contribution is -2.19. The van der Waals surface area contributed by atoms with Gasteiger partial charge in [-0.25, -0.2) is 0 Å². The van der Waals surface area contributed by atoms with Gasteiger partial charge in [-0.15, -0.1) is 0 Å². The number of carbonyl (C=O) groups excluding carboxylic acids is 1. The molecule has 0 aromatic heterocycles. The molecule has 0 aliphatic rings. The summed E-state index contributed by atoms with van der Waals surface area (Å²) in [5.41, 5.74) is 5.01. The average Bonchev–Trinajstić information content (AvgIpc) is 1.68. The molecule has 0 saturated heterocycles. The molecule has 0 aliphatic carbocycles. The molecule has 40 valence electrons. The lowest BCUT2D eigenvalue weighted by molar-refractivity contribution is -0.131. The monoisotopic (exact) mass is 101 g/mol. The van der Waals surface area contributed by atoms with Crippen molar-refractivity contribution in [1.82, 2.24) is 0 Å². The van der Waals surface area contributed by atoms with Crippen molar-refractivity contribution in [2.75, 3.05) is 0 Å². The molecule has 3 nitrogen and oxygen atoms in total. The van der Waals surface area contributed by atoms with Crippen LogP contribution in [0, 0.1) is 0 Å². The van der Waals surface area contributed by atoms with E-state index in [1.165, 1.54) is 6.08 Å². The molecule has 1 unspecified atom stereocenters. The lowest BCUT2D eigenvalue weighted by Gasteiger charge is -1.98. The van der Waals surface area contributed by atoms with E-state index in [1.807, 2.05) is 0 Å². The first kappa shape index (κ1) is 6.17. The molecule has 0 aromatic rings. The maximum atomic E-state index is 9.42. The lowest BCUT2D eigenvalue weighted by atomic mass is 10.6. The predicted molar refractivity (Wildman–Crippen MR) is 25.3 cm³/mol. The zero-order valence-corrected chi connectivity index (χ0v) is 3.83. The van der Waals surface area contributed by atoms with E-state index in [1.54, 1.807) is 0 Å². The standard InChI is InChI=1S/C4H7NO2/c1-2-4(5)7-3-6/h2-4H,1,5H2. The van der Waals surface area contributed by atoms with E-state index in [0.29, 0.717) is 0 Å². The highest BCUT2D eigenvalue weighted by atomic mass is 16.5. The minimum Gasteiger partial charge on any atom is -0.445 e. The van der Waals surface area contributed by atoms with Crippen molar-refractivity contribution in [2.24, 2.45) is 5.73 Å². The third kappa shape index (κ3) is 2.99. The van der Waals surface area contributed by atoms with E-state index in [2.05, 4.69) is 11.3 Å². The van der Waals surface area contributed by atoms with Gasteiger partial charge in [0.1, 0.15) is 0 Å². The van der Waals surface area contributed by atoms with Crippen molar-refractivity contribution < 1.29 is 9.53 Å². The number of hydrogen-bond donors (Lipinski definition) is 1. The summed E-state index contributed by atoms with van der Waals surface area (Å²) in [5, 5.41) is 0. The van der Waals surface area contributed by atoms with E-state index in [-0.39, 0.29) is 6.47 Å². The number of carbonyl (C=O) groups is 1. The zero-order chi connectivity index (χ0) is 5.70. The molecule has 0 aliphatic heterocycles. The second-order valence-corrected chi connectivity index (χ2v) is 0.933. The van der Waals surface area contributed by atoms with Crippen molar-refractivity contribution in [3.05, 3.63) is 12.7 Å². The Bertz CT molecular complexity index is 72.1. The Hall–Kier alpha value is -0.830.